The Balaban J connectivity index is 4.13. The standard InChI is InChI=1S/C84H145NO8/c1-6-8-10-12-14-16-18-20-22-24-26-28-30-32-34-36-38-40-41-43-45-47-49-51-53-55-57-59-61-63-65-67-69-71-73-75-82(87)93-80(79-92-84(83(88)89)90-77-76-85(3,4)5)78-91-81(86)74-72-70-68-66-64-62-60-58-56-54-52-50-48-46-44-42-39-37-35-33-31-29-27-25-23-21-19-17-15-13-11-9-7-2/h8,10,14,16,20,22,26,28,32,34,38,40,43,45,49,51,55,57,61,63,80,84H,6-7,9,11-13,15,17-19,21,23-25,27,29-31,33,35-37,39,41-42,44,46-48,50,52-54,56,58-60,62,64-79H2,1-5H3/p+1/b10-8-,16-14-,22-20-,28-26-,34-32-,40-38-,45-43-,51-49-,57-55-,63-61-. The highest BCUT2D eigenvalue weighted by Crippen LogP contribution is 2.18. The minimum Gasteiger partial charge on any atom is -0.477 e. The van der Waals surface area contributed by atoms with E-state index in [1.165, 1.54) is 193 Å². The van der Waals surface area contributed by atoms with Gasteiger partial charge in [0.2, 0.25) is 0 Å². The summed E-state index contributed by atoms with van der Waals surface area (Å²) in [7, 11) is 5.97. The molecule has 534 valence electrons. The first-order chi connectivity index (χ1) is 45.6. The smallest absolute Gasteiger partial charge is 0.361 e. The Hall–Kier alpha value is -4.31. The predicted molar refractivity (Wildman–Crippen MR) is 401 cm³/mol. The van der Waals surface area contributed by atoms with Crippen molar-refractivity contribution in [1.82, 2.24) is 0 Å². The number of aliphatic carboxylic acids is 1. The minimum absolute atomic E-state index is 0.178. The number of quaternary nitrogens is 1. The Labute approximate surface area is 574 Å². The lowest BCUT2D eigenvalue weighted by molar-refractivity contribution is -0.870. The number of unbranched alkanes of at least 4 members (excludes halogenated alkanes) is 36. The number of carbonyl (C=O) groups is 3. The van der Waals surface area contributed by atoms with Gasteiger partial charge in [-0.05, 0) is 89.9 Å². The molecule has 0 aliphatic carbocycles. The van der Waals surface area contributed by atoms with Crippen LogP contribution in [0.2, 0.25) is 0 Å². The molecule has 0 rings (SSSR count). The maximum absolute atomic E-state index is 13.0. The number of ether oxygens (including phenoxy) is 4. The first-order valence-corrected chi connectivity index (χ1v) is 38.7. The van der Waals surface area contributed by atoms with E-state index in [1.54, 1.807) is 0 Å². The van der Waals surface area contributed by atoms with Gasteiger partial charge in [-0.25, -0.2) is 4.79 Å². The van der Waals surface area contributed by atoms with Crippen molar-refractivity contribution < 1.29 is 42.9 Å². The van der Waals surface area contributed by atoms with Crippen LogP contribution >= 0.6 is 0 Å². The molecule has 2 unspecified atom stereocenters. The van der Waals surface area contributed by atoms with E-state index in [4.69, 9.17) is 18.9 Å². The van der Waals surface area contributed by atoms with Gasteiger partial charge in [0.25, 0.3) is 6.29 Å². The van der Waals surface area contributed by atoms with Gasteiger partial charge in [0.05, 0.1) is 34.4 Å². The number of carboxylic acids is 1. The van der Waals surface area contributed by atoms with Crippen molar-refractivity contribution in [1.29, 1.82) is 0 Å². The van der Waals surface area contributed by atoms with Crippen LogP contribution < -0.4 is 0 Å². The average Bonchev–Trinajstić information content (AvgIpc) is 3.74. The zero-order valence-corrected chi connectivity index (χ0v) is 61.1. The maximum Gasteiger partial charge on any atom is 0.361 e. The molecular weight excluding hydrogens is 1150 g/mol. The molecule has 0 aromatic carbocycles. The number of hydrogen-bond donors (Lipinski definition) is 1. The fourth-order valence-corrected chi connectivity index (χ4v) is 10.9. The van der Waals surface area contributed by atoms with E-state index in [2.05, 4.69) is 135 Å². The summed E-state index contributed by atoms with van der Waals surface area (Å²) in [6.45, 7) is 4.77. The zero-order chi connectivity index (χ0) is 67.5. The third-order valence-electron chi connectivity index (χ3n) is 16.7. The topological polar surface area (TPSA) is 108 Å². The Bertz CT molecular complexity index is 1950. The molecule has 0 saturated carbocycles. The number of nitrogens with zero attached hydrogens (tertiary/aromatic N) is 1. The van der Waals surface area contributed by atoms with Crippen LogP contribution in [0.3, 0.4) is 0 Å². The predicted octanol–water partition coefficient (Wildman–Crippen LogP) is 24.7. The molecule has 2 atom stereocenters. The Kier molecular flexibility index (Phi) is 70.1. The fraction of sp³-hybridized carbons (Fsp3) is 0.726. The van der Waals surface area contributed by atoms with Gasteiger partial charge in [0.1, 0.15) is 13.2 Å². The molecule has 9 nitrogen and oxygen atoms in total. The molecule has 0 aliphatic rings. The van der Waals surface area contributed by atoms with Crippen molar-refractivity contribution in [3.8, 4) is 0 Å². The largest absolute Gasteiger partial charge is 0.477 e. The Morgan fingerprint density at radius 2 is 0.613 bits per heavy atom. The SMILES string of the molecule is CC/C=C\C/C=C\C/C=C\C/C=C\C/C=C\C/C=C\C/C=C\C/C=C\C/C=C\C/C=C\CCCCCCC(=O)OC(COC(=O)CCCCCCCCCCCCCCCCCCCCCCCCCCCCCCCCCCC)COC(OCC[N+](C)(C)C)C(=O)O. The number of allylic oxidation sites excluding steroid dienone is 20. The van der Waals surface area contributed by atoms with E-state index in [9.17, 15) is 19.5 Å². The van der Waals surface area contributed by atoms with Crippen LogP contribution in [-0.2, 0) is 33.3 Å². The van der Waals surface area contributed by atoms with Crippen LogP contribution in [0.15, 0.2) is 122 Å². The first-order valence-electron chi connectivity index (χ1n) is 38.7. The molecule has 0 aromatic rings. The highest BCUT2D eigenvalue weighted by Gasteiger charge is 2.25. The molecule has 0 spiro atoms. The third-order valence-corrected chi connectivity index (χ3v) is 16.7. The first kappa shape index (κ1) is 88.7. The van der Waals surface area contributed by atoms with E-state index in [-0.39, 0.29) is 32.2 Å². The summed E-state index contributed by atoms with van der Waals surface area (Å²) in [4.78, 5) is 37.7. The average molecular weight is 1300 g/mol. The zero-order valence-electron chi connectivity index (χ0n) is 61.1. The van der Waals surface area contributed by atoms with Crippen molar-refractivity contribution in [3.05, 3.63) is 122 Å². The summed E-state index contributed by atoms with van der Waals surface area (Å²) in [5.41, 5.74) is 0. The number of rotatable bonds is 71. The summed E-state index contributed by atoms with van der Waals surface area (Å²) >= 11 is 0. The van der Waals surface area contributed by atoms with Gasteiger partial charge >= 0.3 is 17.9 Å². The van der Waals surface area contributed by atoms with Crippen molar-refractivity contribution in [3.63, 3.8) is 0 Å². The number of carboxylic acid groups (broad SMARTS) is 1. The summed E-state index contributed by atoms with van der Waals surface area (Å²) in [6.07, 6.45) is 102. The monoisotopic (exact) mass is 1300 g/mol. The molecule has 0 radical (unpaired) electrons. The van der Waals surface area contributed by atoms with Gasteiger partial charge in [-0.3, -0.25) is 9.59 Å². The lowest BCUT2D eigenvalue weighted by Gasteiger charge is -2.25. The van der Waals surface area contributed by atoms with Crippen LogP contribution in [0.1, 0.15) is 335 Å². The quantitative estimate of drug-likeness (QED) is 0.0211. The molecule has 0 fully saturated rings. The molecule has 1 N–H and O–H groups in total. The minimum atomic E-state index is -1.53. The second-order valence-electron chi connectivity index (χ2n) is 26.9. The summed E-state index contributed by atoms with van der Waals surface area (Å²) in [6, 6.07) is 0. The van der Waals surface area contributed by atoms with Crippen LogP contribution in [0.4, 0.5) is 0 Å². The van der Waals surface area contributed by atoms with E-state index >= 15 is 0 Å². The normalized spacial score (nSPS) is 13.3. The second kappa shape index (κ2) is 73.5. The van der Waals surface area contributed by atoms with E-state index in [0.717, 1.165) is 109 Å². The number of hydrogen-bond acceptors (Lipinski definition) is 7. The highest BCUT2D eigenvalue weighted by atomic mass is 16.7. The Morgan fingerprint density at radius 3 is 0.914 bits per heavy atom. The van der Waals surface area contributed by atoms with Crippen molar-refractivity contribution >= 4 is 17.9 Å². The van der Waals surface area contributed by atoms with Crippen LogP contribution in [-0.4, -0.2) is 87.4 Å². The van der Waals surface area contributed by atoms with Gasteiger partial charge in [0.15, 0.2) is 6.10 Å². The molecule has 0 saturated heterocycles. The number of likely N-dealkylation sites (N-methyl/N-ethyl adjacent to an activating group) is 1. The molecule has 93 heavy (non-hydrogen) atoms. The van der Waals surface area contributed by atoms with E-state index < -0.39 is 24.3 Å². The highest BCUT2D eigenvalue weighted by molar-refractivity contribution is 5.71. The molecule has 0 heterocycles. The third kappa shape index (κ3) is 74.9. The van der Waals surface area contributed by atoms with E-state index in [1.807, 2.05) is 21.1 Å². The van der Waals surface area contributed by atoms with Gasteiger partial charge in [-0.2, -0.15) is 0 Å². The van der Waals surface area contributed by atoms with Crippen LogP contribution in [0, 0.1) is 0 Å². The molecule has 0 aliphatic heterocycles. The van der Waals surface area contributed by atoms with E-state index in [0.29, 0.717) is 23.9 Å². The lowest BCUT2D eigenvalue weighted by atomic mass is 10.0. The number of esters is 2. The molecule has 9 heteroatoms. The summed E-state index contributed by atoms with van der Waals surface area (Å²) in [5, 5.41) is 9.76. The molecule has 0 aromatic heterocycles. The maximum atomic E-state index is 13.0. The molecule has 0 bridgehead atoms. The number of carbonyl (C=O) groups excluding carboxylic acids is 2. The van der Waals surface area contributed by atoms with Gasteiger partial charge in [-0.15, -0.1) is 0 Å². The van der Waals surface area contributed by atoms with Crippen LogP contribution in [0.25, 0.3) is 0 Å². The summed E-state index contributed by atoms with van der Waals surface area (Å²) in [5.74, 6) is -2.03. The van der Waals surface area contributed by atoms with Gasteiger partial charge < -0.3 is 28.5 Å². The second-order valence-corrected chi connectivity index (χ2v) is 26.9. The molecule has 0 amide bonds. The van der Waals surface area contributed by atoms with Crippen molar-refractivity contribution in [2.45, 2.75) is 347 Å². The van der Waals surface area contributed by atoms with Crippen molar-refractivity contribution in [2.75, 3.05) is 47.5 Å². The lowest BCUT2D eigenvalue weighted by Crippen LogP contribution is -2.40. The fourth-order valence-electron chi connectivity index (χ4n) is 10.9. The Morgan fingerprint density at radius 1 is 0.333 bits per heavy atom. The molecular formula is C84H146NO8+. The summed E-state index contributed by atoms with van der Waals surface area (Å²) < 4.78 is 23.0. The van der Waals surface area contributed by atoms with Crippen molar-refractivity contribution in [2.24, 2.45) is 0 Å². The van der Waals surface area contributed by atoms with Gasteiger partial charge in [0, 0.05) is 12.8 Å². The van der Waals surface area contributed by atoms with Gasteiger partial charge in [-0.1, -0.05) is 354 Å². The van der Waals surface area contributed by atoms with Crippen LogP contribution in [0.5, 0.6) is 0 Å².